The fourth-order valence-electron chi connectivity index (χ4n) is 1.69. The smallest absolute Gasteiger partial charge is 0.305 e. The van der Waals surface area contributed by atoms with Crippen LogP contribution in [-0.2, 0) is 9.59 Å². The molecule has 0 spiro atoms. The van der Waals surface area contributed by atoms with Crippen molar-refractivity contribution in [1.29, 1.82) is 0 Å². The van der Waals surface area contributed by atoms with Crippen LogP contribution < -0.4 is 14.8 Å². The second-order valence-corrected chi connectivity index (χ2v) is 4.02. The molecule has 2 N–H and O–H groups in total. The fourth-order valence-corrected chi connectivity index (χ4v) is 2.05. The lowest BCUT2D eigenvalue weighted by atomic mass is 10.0. The number of carbonyl (C=O) groups excluding carboxylic acids is 1. The number of ether oxygens (including phenoxy) is 2. The second-order valence-electron chi connectivity index (χ2n) is 3.64. The van der Waals surface area contributed by atoms with Crippen LogP contribution in [0, 0.1) is 0 Å². The highest BCUT2D eigenvalue weighted by Gasteiger charge is 2.21. The van der Waals surface area contributed by atoms with E-state index in [0.717, 1.165) is 0 Å². The Morgan fingerprint density at radius 1 is 1.47 bits per heavy atom. The monoisotopic (exact) mass is 287 g/mol. The molecular formula is C12H14ClNO5. The SMILES string of the molecule is COc1ccc(C(CC(=O)O)NC=O)c(Cl)c1OC. The Balaban J connectivity index is 3.23. The summed E-state index contributed by atoms with van der Waals surface area (Å²) in [6.45, 7) is 0. The van der Waals surface area contributed by atoms with Crippen molar-refractivity contribution in [1.82, 2.24) is 5.32 Å². The molecule has 1 aromatic carbocycles. The normalized spacial score (nSPS) is 11.5. The Bertz CT molecular complexity index is 477. The number of carboxylic acids is 1. The van der Waals surface area contributed by atoms with Crippen molar-refractivity contribution in [3.63, 3.8) is 0 Å². The van der Waals surface area contributed by atoms with E-state index in [2.05, 4.69) is 5.32 Å². The van der Waals surface area contributed by atoms with Gasteiger partial charge in [0.05, 0.1) is 31.7 Å². The number of nitrogens with one attached hydrogen (secondary N) is 1. The molecule has 7 heteroatoms. The number of amides is 1. The lowest BCUT2D eigenvalue weighted by molar-refractivity contribution is -0.137. The van der Waals surface area contributed by atoms with E-state index in [1.165, 1.54) is 14.2 Å². The van der Waals surface area contributed by atoms with Crippen LogP contribution in [0.1, 0.15) is 18.0 Å². The molecule has 0 aliphatic rings. The molecule has 0 heterocycles. The molecule has 0 aliphatic heterocycles. The van der Waals surface area contributed by atoms with Gasteiger partial charge in [0.25, 0.3) is 0 Å². The van der Waals surface area contributed by atoms with E-state index in [0.29, 0.717) is 23.5 Å². The summed E-state index contributed by atoms with van der Waals surface area (Å²) in [6, 6.07) is 2.46. The Kier molecular flexibility index (Phi) is 5.44. The number of methoxy groups -OCH3 is 2. The number of carboxylic acid groups (broad SMARTS) is 1. The Labute approximate surface area is 115 Å². The van der Waals surface area contributed by atoms with E-state index in [-0.39, 0.29) is 11.4 Å². The second kappa shape index (κ2) is 6.84. The van der Waals surface area contributed by atoms with Gasteiger partial charge in [-0.05, 0) is 11.6 Å². The van der Waals surface area contributed by atoms with Crippen LogP contribution in [0.15, 0.2) is 12.1 Å². The van der Waals surface area contributed by atoms with Gasteiger partial charge in [-0.1, -0.05) is 17.7 Å². The van der Waals surface area contributed by atoms with Crippen LogP contribution in [0.3, 0.4) is 0 Å². The molecule has 1 amide bonds. The predicted octanol–water partition coefficient (Wildman–Crippen LogP) is 1.62. The average molecular weight is 288 g/mol. The summed E-state index contributed by atoms with van der Waals surface area (Å²) >= 11 is 6.15. The maximum absolute atomic E-state index is 10.8. The van der Waals surface area contributed by atoms with E-state index in [1.807, 2.05) is 0 Å². The summed E-state index contributed by atoms with van der Waals surface area (Å²) in [7, 11) is 2.89. The first-order valence-electron chi connectivity index (χ1n) is 5.37. The molecular weight excluding hydrogens is 274 g/mol. The third-order valence-electron chi connectivity index (χ3n) is 2.54. The third kappa shape index (κ3) is 3.51. The number of rotatable bonds is 7. The number of aliphatic carboxylic acids is 1. The highest BCUT2D eigenvalue weighted by Crippen LogP contribution is 2.40. The van der Waals surface area contributed by atoms with Gasteiger partial charge in [0.2, 0.25) is 6.41 Å². The molecule has 0 aliphatic carbocycles. The van der Waals surface area contributed by atoms with Gasteiger partial charge in [0.15, 0.2) is 11.5 Å². The minimum Gasteiger partial charge on any atom is -0.493 e. The van der Waals surface area contributed by atoms with Crippen molar-refractivity contribution in [3.05, 3.63) is 22.7 Å². The summed E-state index contributed by atoms with van der Waals surface area (Å²) in [5, 5.41) is 11.5. The number of hydrogen-bond donors (Lipinski definition) is 2. The van der Waals surface area contributed by atoms with Crippen LogP contribution in [-0.4, -0.2) is 31.7 Å². The Morgan fingerprint density at radius 2 is 2.16 bits per heavy atom. The van der Waals surface area contributed by atoms with Gasteiger partial charge in [-0.25, -0.2) is 0 Å². The molecule has 0 saturated heterocycles. The van der Waals surface area contributed by atoms with Crippen LogP contribution in [0.25, 0.3) is 0 Å². The van der Waals surface area contributed by atoms with Gasteiger partial charge in [-0.15, -0.1) is 0 Å². The van der Waals surface area contributed by atoms with Crippen molar-refractivity contribution in [2.45, 2.75) is 12.5 Å². The van der Waals surface area contributed by atoms with Crippen molar-refractivity contribution in [3.8, 4) is 11.5 Å². The lowest BCUT2D eigenvalue weighted by Crippen LogP contribution is -2.22. The van der Waals surface area contributed by atoms with Crippen molar-refractivity contribution in [2.24, 2.45) is 0 Å². The zero-order chi connectivity index (χ0) is 14.4. The van der Waals surface area contributed by atoms with E-state index in [1.54, 1.807) is 12.1 Å². The topological polar surface area (TPSA) is 84.9 Å². The first kappa shape index (κ1) is 15.1. The number of carbonyl (C=O) groups is 2. The molecule has 1 aromatic rings. The maximum Gasteiger partial charge on any atom is 0.305 e. The summed E-state index contributed by atoms with van der Waals surface area (Å²) in [5.41, 5.74) is 0.453. The molecule has 0 radical (unpaired) electrons. The first-order chi connectivity index (χ1) is 9.04. The minimum absolute atomic E-state index is 0.211. The summed E-state index contributed by atoms with van der Waals surface area (Å²) < 4.78 is 10.2. The molecule has 1 atom stereocenters. The summed E-state index contributed by atoms with van der Waals surface area (Å²) in [4.78, 5) is 21.3. The van der Waals surface area contributed by atoms with Gasteiger partial charge in [0.1, 0.15) is 0 Å². The van der Waals surface area contributed by atoms with Crippen molar-refractivity contribution in [2.75, 3.05) is 14.2 Å². The van der Waals surface area contributed by atoms with Gasteiger partial charge >= 0.3 is 5.97 Å². The molecule has 104 valence electrons. The van der Waals surface area contributed by atoms with Gasteiger partial charge < -0.3 is 19.9 Å². The average Bonchev–Trinajstić information content (AvgIpc) is 2.37. The number of benzene rings is 1. The van der Waals surface area contributed by atoms with Gasteiger partial charge in [-0.3, -0.25) is 9.59 Å². The largest absolute Gasteiger partial charge is 0.493 e. The zero-order valence-corrected chi connectivity index (χ0v) is 11.2. The van der Waals surface area contributed by atoms with Crippen LogP contribution in [0.4, 0.5) is 0 Å². The van der Waals surface area contributed by atoms with E-state index in [9.17, 15) is 9.59 Å². The number of halogens is 1. The first-order valence-corrected chi connectivity index (χ1v) is 5.74. The maximum atomic E-state index is 10.8. The van der Waals surface area contributed by atoms with Crippen LogP contribution >= 0.6 is 11.6 Å². The van der Waals surface area contributed by atoms with Crippen LogP contribution in [0.5, 0.6) is 11.5 Å². The molecule has 19 heavy (non-hydrogen) atoms. The third-order valence-corrected chi connectivity index (χ3v) is 2.93. The van der Waals surface area contributed by atoms with E-state index < -0.39 is 12.0 Å². The van der Waals surface area contributed by atoms with Crippen molar-refractivity contribution >= 4 is 24.0 Å². The van der Waals surface area contributed by atoms with Gasteiger partial charge in [-0.2, -0.15) is 0 Å². The van der Waals surface area contributed by atoms with E-state index >= 15 is 0 Å². The zero-order valence-electron chi connectivity index (χ0n) is 10.5. The quantitative estimate of drug-likeness (QED) is 0.744. The molecule has 1 unspecified atom stereocenters. The Morgan fingerprint density at radius 3 is 2.63 bits per heavy atom. The standard InChI is InChI=1S/C12H14ClNO5/c1-18-9-4-3-7(11(13)12(9)19-2)8(14-6-15)5-10(16)17/h3-4,6,8H,5H2,1-2H3,(H,14,15)(H,16,17). The summed E-state index contributed by atoms with van der Waals surface area (Å²) in [5.74, 6) is -0.327. The van der Waals surface area contributed by atoms with E-state index in [4.69, 9.17) is 26.2 Å². The molecule has 1 rings (SSSR count). The minimum atomic E-state index is -1.05. The van der Waals surface area contributed by atoms with Crippen LogP contribution in [0.2, 0.25) is 5.02 Å². The highest BCUT2D eigenvalue weighted by atomic mass is 35.5. The summed E-state index contributed by atoms with van der Waals surface area (Å²) in [6.07, 6.45) is 0.147. The lowest BCUT2D eigenvalue weighted by Gasteiger charge is -2.18. The molecule has 0 bridgehead atoms. The number of hydrogen-bond acceptors (Lipinski definition) is 4. The molecule has 0 aromatic heterocycles. The predicted molar refractivity (Wildman–Crippen MR) is 68.7 cm³/mol. The Hall–Kier alpha value is -1.95. The van der Waals surface area contributed by atoms with Gasteiger partial charge in [0, 0.05) is 0 Å². The fraction of sp³-hybridized carbons (Fsp3) is 0.333. The highest BCUT2D eigenvalue weighted by molar-refractivity contribution is 6.33. The molecule has 0 fully saturated rings. The van der Waals surface area contributed by atoms with Crippen molar-refractivity contribution < 1.29 is 24.2 Å². The molecule has 0 saturated carbocycles. The molecule has 6 nitrogen and oxygen atoms in total.